The topological polar surface area (TPSA) is 77.4 Å². The molecule has 6 nitrogen and oxygen atoms in total. The van der Waals surface area contributed by atoms with Crippen LogP contribution in [0.4, 0.5) is 5.69 Å². The molecule has 1 aliphatic rings. The molecule has 0 radical (unpaired) electrons. The number of ether oxygens (including phenoxy) is 1. The summed E-state index contributed by atoms with van der Waals surface area (Å²) in [5.41, 5.74) is 7.48. The Morgan fingerprint density at radius 1 is 1.22 bits per heavy atom. The SMILES string of the molecule is Nc1ccc(OCCN2CCCC2)c2nonc12. The van der Waals surface area contributed by atoms with Crippen molar-refractivity contribution in [3.05, 3.63) is 12.1 Å². The lowest BCUT2D eigenvalue weighted by Crippen LogP contribution is -2.25. The Morgan fingerprint density at radius 3 is 2.83 bits per heavy atom. The fourth-order valence-electron chi connectivity index (χ4n) is 2.27. The highest BCUT2D eigenvalue weighted by Crippen LogP contribution is 2.26. The zero-order valence-corrected chi connectivity index (χ0v) is 10.1. The predicted molar refractivity (Wildman–Crippen MR) is 67.4 cm³/mol. The van der Waals surface area contributed by atoms with Crippen LogP contribution in [0.1, 0.15) is 12.8 Å². The van der Waals surface area contributed by atoms with E-state index in [1.807, 2.05) is 6.07 Å². The van der Waals surface area contributed by atoms with Gasteiger partial charge in [-0.2, -0.15) is 0 Å². The number of nitrogens with two attached hydrogens (primary N) is 1. The van der Waals surface area contributed by atoms with Crippen molar-refractivity contribution in [3.63, 3.8) is 0 Å². The minimum atomic E-state index is 0.554. The van der Waals surface area contributed by atoms with Crippen LogP contribution in [-0.4, -0.2) is 41.5 Å². The molecule has 0 atom stereocenters. The molecule has 1 aromatic carbocycles. The molecule has 0 spiro atoms. The van der Waals surface area contributed by atoms with Crippen LogP contribution in [0, 0.1) is 0 Å². The Hall–Kier alpha value is -1.82. The highest BCUT2D eigenvalue weighted by atomic mass is 16.6. The first-order valence-electron chi connectivity index (χ1n) is 6.20. The largest absolute Gasteiger partial charge is 0.490 e. The number of likely N-dealkylation sites (tertiary alicyclic amines) is 1. The van der Waals surface area contributed by atoms with E-state index < -0.39 is 0 Å². The molecule has 1 fully saturated rings. The van der Waals surface area contributed by atoms with E-state index in [0.29, 0.717) is 29.1 Å². The third-order valence-electron chi connectivity index (χ3n) is 3.27. The van der Waals surface area contributed by atoms with E-state index in [0.717, 1.165) is 6.54 Å². The molecule has 6 heteroatoms. The highest BCUT2D eigenvalue weighted by Gasteiger charge is 2.13. The molecule has 0 saturated carbocycles. The van der Waals surface area contributed by atoms with Crippen LogP contribution in [0.3, 0.4) is 0 Å². The Balaban J connectivity index is 1.67. The van der Waals surface area contributed by atoms with Gasteiger partial charge >= 0.3 is 0 Å². The summed E-state index contributed by atoms with van der Waals surface area (Å²) in [7, 11) is 0. The van der Waals surface area contributed by atoms with Crippen molar-refractivity contribution in [1.29, 1.82) is 0 Å². The highest BCUT2D eigenvalue weighted by molar-refractivity contribution is 5.90. The van der Waals surface area contributed by atoms with Crippen molar-refractivity contribution in [2.75, 3.05) is 32.0 Å². The van der Waals surface area contributed by atoms with Crippen LogP contribution in [-0.2, 0) is 0 Å². The lowest BCUT2D eigenvalue weighted by Gasteiger charge is -2.14. The maximum atomic E-state index is 5.77. The van der Waals surface area contributed by atoms with Gasteiger partial charge in [0.15, 0.2) is 16.8 Å². The minimum absolute atomic E-state index is 0.554. The van der Waals surface area contributed by atoms with Gasteiger partial charge in [-0.25, -0.2) is 4.63 Å². The van der Waals surface area contributed by atoms with Crippen molar-refractivity contribution in [3.8, 4) is 5.75 Å². The Bertz CT molecular complexity index is 534. The van der Waals surface area contributed by atoms with Gasteiger partial charge in [-0.1, -0.05) is 0 Å². The van der Waals surface area contributed by atoms with Crippen molar-refractivity contribution >= 4 is 16.7 Å². The fourth-order valence-corrected chi connectivity index (χ4v) is 2.27. The summed E-state index contributed by atoms with van der Waals surface area (Å²) in [5, 5.41) is 7.59. The second-order valence-electron chi connectivity index (χ2n) is 4.51. The van der Waals surface area contributed by atoms with Crippen LogP contribution in [0.15, 0.2) is 16.8 Å². The summed E-state index contributed by atoms with van der Waals surface area (Å²) in [5.74, 6) is 0.680. The number of nitrogens with zero attached hydrogens (tertiary/aromatic N) is 3. The molecule has 0 amide bonds. The van der Waals surface area contributed by atoms with Gasteiger partial charge in [-0.05, 0) is 48.4 Å². The Labute approximate surface area is 105 Å². The number of aromatic nitrogens is 2. The van der Waals surface area contributed by atoms with E-state index in [1.54, 1.807) is 6.07 Å². The lowest BCUT2D eigenvalue weighted by molar-refractivity contribution is 0.238. The first kappa shape index (κ1) is 11.3. The average molecular weight is 248 g/mol. The molecule has 2 heterocycles. The number of anilines is 1. The number of hydrogen-bond donors (Lipinski definition) is 1. The Kier molecular flexibility index (Phi) is 3.02. The van der Waals surface area contributed by atoms with E-state index >= 15 is 0 Å². The van der Waals surface area contributed by atoms with Crippen LogP contribution in [0.25, 0.3) is 11.0 Å². The standard InChI is InChI=1S/C12H16N4O2/c13-9-3-4-10(12-11(9)14-18-15-12)17-8-7-16-5-1-2-6-16/h3-4H,1-2,5-8,13H2. The van der Waals surface area contributed by atoms with E-state index in [1.165, 1.54) is 25.9 Å². The van der Waals surface area contributed by atoms with Gasteiger partial charge in [0.25, 0.3) is 0 Å². The second kappa shape index (κ2) is 4.81. The predicted octanol–water partition coefficient (Wildman–Crippen LogP) is 1.28. The molecule has 0 bridgehead atoms. The molecule has 0 aliphatic carbocycles. The number of nitrogen functional groups attached to an aromatic ring is 1. The van der Waals surface area contributed by atoms with Gasteiger partial charge in [0.1, 0.15) is 6.61 Å². The van der Waals surface area contributed by atoms with Gasteiger partial charge in [0, 0.05) is 6.54 Å². The zero-order chi connectivity index (χ0) is 12.4. The summed E-state index contributed by atoms with van der Waals surface area (Å²) in [6.45, 7) is 3.93. The molecule has 96 valence electrons. The lowest BCUT2D eigenvalue weighted by atomic mass is 10.2. The normalized spacial score (nSPS) is 16.4. The van der Waals surface area contributed by atoms with E-state index in [-0.39, 0.29) is 0 Å². The van der Waals surface area contributed by atoms with Crippen LogP contribution in [0.5, 0.6) is 5.75 Å². The summed E-state index contributed by atoms with van der Waals surface area (Å²) in [6.07, 6.45) is 2.58. The third kappa shape index (κ3) is 2.11. The minimum Gasteiger partial charge on any atom is -0.490 e. The molecule has 18 heavy (non-hydrogen) atoms. The molecule has 0 unspecified atom stereocenters. The quantitative estimate of drug-likeness (QED) is 0.821. The van der Waals surface area contributed by atoms with E-state index in [4.69, 9.17) is 15.1 Å². The van der Waals surface area contributed by atoms with Gasteiger partial charge in [-0.3, -0.25) is 4.90 Å². The van der Waals surface area contributed by atoms with Crippen molar-refractivity contribution < 1.29 is 9.37 Å². The number of fused-ring (bicyclic) bond motifs is 1. The summed E-state index contributed by atoms with van der Waals surface area (Å²) in [4.78, 5) is 2.40. The molecule has 3 rings (SSSR count). The monoisotopic (exact) mass is 248 g/mol. The van der Waals surface area contributed by atoms with Gasteiger partial charge < -0.3 is 10.5 Å². The second-order valence-corrected chi connectivity index (χ2v) is 4.51. The van der Waals surface area contributed by atoms with Crippen LogP contribution < -0.4 is 10.5 Å². The average Bonchev–Trinajstić information content (AvgIpc) is 3.02. The van der Waals surface area contributed by atoms with E-state index in [2.05, 4.69) is 15.2 Å². The maximum Gasteiger partial charge on any atom is 0.179 e. The number of benzene rings is 1. The molecule has 1 aromatic heterocycles. The smallest absolute Gasteiger partial charge is 0.179 e. The fraction of sp³-hybridized carbons (Fsp3) is 0.500. The maximum absolute atomic E-state index is 5.77. The molecule has 1 aliphatic heterocycles. The van der Waals surface area contributed by atoms with Gasteiger partial charge in [-0.15, -0.1) is 0 Å². The number of rotatable bonds is 4. The van der Waals surface area contributed by atoms with Gasteiger partial charge in [0.05, 0.1) is 5.69 Å². The Morgan fingerprint density at radius 2 is 2.00 bits per heavy atom. The van der Waals surface area contributed by atoms with Crippen molar-refractivity contribution in [2.45, 2.75) is 12.8 Å². The van der Waals surface area contributed by atoms with E-state index in [9.17, 15) is 0 Å². The van der Waals surface area contributed by atoms with Crippen LogP contribution in [0.2, 0.25) is 0 Å². The molecule has 1 saturated heterocycles. The zero-order valence-electron chi connectivity index (χ0n) is 10.1. The number of hydrogen-bond acceptors (Lipinski definition) is 6. The van der Waals surface area contributed by atoms with Crippen LogP contribution >= 0.6 is 0 Å². The van der Waals surface area contributed by atoms with Crippen molar-refractivity contribution in [2.24, 2.45) is 0 Å². The van der Waals surface area contributed by atoms with Crippen molar-refractivity contribution in [1.82, 2.24) is 15.2 Å². The first-order valence-corrected chi connectivity index (χ1v) is 6.20. The first-order chi connectivity index (χ1) is 8.84. The van der Waals surface area contributed by atoms with Gasteiger partial charge in [0.2, 0.25) is 0 Å². The third-order valence-corrected chi connectivity index (χ3v) is 3.27. The molecular formula is C12H16N4O2. The summed E-state index contributed by atoms with van der Waals surface area (Å²) >= 11 is 0. The summed E-state index contributed by atoms with van der Waals surface area (Å²) in [6, 6.07) is 3.57. The molecule has 2 aromatic rings. The summed E-state index contributed by atoms with van der Waals surface area (Å²) < 4.78 is 10.4. The molecule has 2 N–H and O–H groups in total. The molecular weight excluding hydrogens is 232 g/mol.